The Morgan fingerprint density at radius 2 is 0.812 bits per heavy atom. The largest absolute Gasteiger partial charge is 0.472 e. The lowest BCUT2D eigenvalue weighted by Crippen LogP contribution is -2.64. The first-order chi connectivity index (χ1) is 33.5. The molecule has 0 heterocycles. The molecule has 6 N–H and O–H groups in total. The number of carbonyl (C=O) groups is 1. The van der Waals surface area contributed by atoms with E-state index < -0.39 is 63.1 Å². The fraction of sp³-hybridized carbons (Fsp3) is 0.875. The number of aliphatic hydroxyl groups excluding tert-OH is 5. The van der Waals surface area contributed by atoms with E-state index in [0.29, 0.717) is 13.0 Å². The molecule has 1 aliphatic rings. The van der Waals surface area contributed by atoms with E-state index in [0.717, 1.165) is 64.2 Å². The number of phosphoric acid groups is 1. The van der Waals surface area contributed by atoms with Crippen LogP contribution < -0.4 is 0 Å². The zero-order chi connectivity index (χ0) is 50.5. The normalized spacial score (nSPS) is 21.2. The zero-order valence-electron chi connectivity index (χ0n) is 43.9. The van der Waals surface area contributed by atoms with Gasteiger partial charge in [0.25, 0.3) is 0 Å². The predicted molar refractivity (Wildman–Crippen MR) is 281 cm³/mol. The van der Waals surface area contributed by atoms with Crippen LogP contribution in [0.25, 0.3) is 0 Å². The van der Waals surface area contributed by atoms with Gasteiger partial charge >= 0.3 is 13.8 Å². The molecule has 12 nitrogen and oxygen atoms in total. The van der Waals surface area contributed by atoms with Crippen molar-refractivity contribution >= 4 is 13.8 Å². The number of hydrogen-bond acceptors (Lipinski definition) is 11. The van der Waals surface area contributed by atoms with Crippen LogP contribution in [0.15, 0.2) is 36.5 Å². The molecule has 0 amide bonds. The van der Waals surface area contributed by atoms with Crippen LogP contribution in [-0.2, 0) is 27.9 Å². The highest BCUT2D eigenvalue weighted by Crippen LogP contribution is 2.47. The molecule has 1 aliphatic carbocycles. The molecule has 6 atom stereocenters. The molecule has 69 heavy (non-hydrogen) atoms. The van der Waals surface area contributed by atoms with Gasteiger partial charge in [-0.15, -0.1) is 0 Å². The van der Waals surface area contributed by atoms with Crippen molar-refractivity contribution in [2.75, 3.05) is 19.8 Å². The predicted octanol–water partition coefficient (Wildman–Crippen LogP) is 13.4. The third-order valence-corrected chi connectivity index (χ3v) is 14.3. The van der Waals surface area contributed by atoms with Crippen molar-refractivity contribution in [3.05, 3.63) is 36.5 Å². The first-order valence-corrected chi connectivity index (χ1v) is 29.8. The molecule has 0 radical (unpaired) electrons. The Kier molecular flexibility index (Phi) is 44.1. The summed E-state index contributed by atoms with van der Waals surface area (Å²) in [6, 6.07) is 0. The average molecular weight is 1000 g/mol. The number of allylic oxidation sites excluding steroid dienone is 6. The maximum atomic E-state index is 12.9. The molecular weight excluding hydrogens is 896 g/mol. The molecule has 1 rings (SSSR count). The summed E-state index contributed by atoms with van der Waals surface area (Å²) in [4.78, 5) is 23.3. The van der Waals surface area contributed by atoms with Gasteiger partial charge in [-0.1, -0.05) is 230 Å². The van der Waals surface area contributed by atoms with Crippen molar-refractivity contribution in [1.29, 1.82) is 0 Å². The van der Waals surface area contributed by atoms with E-state index in [1.807, 2.05) is 0 Å². The van der Waals surface area contributed by atoms with Crippen LogP contribution in [0.4, 0.5) is 0 Å². The number of phosphoric ester groups is 1. The van der Waals surface area contributed by atoms with Gasteiger partial charge < -0.3 is 39.9 Å². The van der Waals surface area contributed by atoms with Gasteiger partial charge in [0.1, 0.15) is 42.7 Å². The Labute approximate surface area is 421 Å². The molecule has 1 saturated carbocycles. The maximum absolute atomic E-state index is 12.9. The van der Waals surface area contributed by atoms with Crippen LogP contribution in [-0.4, -0.2) is 98.9 Å². The van der Waals surface area contributed by atoms with E-state index in [2.05, 4.69) is 50.3 Å². The molecule has 0 aromatic carbocycles. The van der Waals surface area contributed by atoms with Crippen molar-refractivity contribution in [3.8, 4) is 0 Å². The second-order valence-corrected chi connectivity index (χ2v) is 21.2. The molecule has 6 unspecified atom stereocenters. The fourth-order valence-corrected chi connectivity index (χ4v) is 9.75. The molecule has 0 aromatic heterocycles. The topological polar surface area (TPSA) is 192 Å². The number of aliphatic hydroxyl groups is 5. The smallest absolute Gasteiger partial charge is 0.457 e. The Balaban J connectivity index is 2.30. The first-order valence-electron chi connectivity index (χ1n) is 28.3. The van der Waals surface area contributed by atoms with E-state index in [9.17, 15) is 39.8 Å². The minimum absolute atomic E-state index is 0.0762. The summed E-state index contributed by atoms with van der Waals surface area (Å²) in [5.74, 6) is -0.480. The molecule has 0 bridgehead atoms. The number of hydrogen-bond donors (Lipinski definition) is 6. The molecule has 0 aromatic rings. The molecule has 1 fully saturated rings. The lowest BCUT2D eigenvalue weighted by Gasteiger charge is -2.41. The second-order valence-electron chi connectivity index (χ2n) is 19.8. The maximum Gasteiger partial charge on any atom is 0.472 e. The van der Waals surface area contributed by atoms with Crippen molar-refractivity contribution in [1.82, 2.24) is 0 Å². The molecule has 0 saturated heterocycles. The highest BCUT2D eigenvalue weighted by Gasteiger charge is 2.51. The lowest BCUT2D eigenvalue weighted by atomic mass is 9.85. The third-order valence-electron chi connectivity index (χ3n) is 13.3. The van der Waals surface area contributed by atoms with E-state index in [1.54, 1.807) is 0 Å². The number of esters is 1. The number of rotatable bonds is 49. The average Bonchev–Trinajstić information content (AvgIpc) is 3.34. The van der Waals surface area contributed by atoms with Crippen LogP contribution in [0, 0.1) is 0 Å². The Morgan fingerprint density at radius 3 is 1.23 bits per heavy atom. The molecular formula is C56H105O12P. The Bertz CT molecular complexity index is 1280. The van der Waals surface area contributed by atoms with Gasteiger partial charge in [-0.3, -0.25) is 13.8 Å². The highest BCUT2D eigenvalue weighted by atomic mass is 31.2. The van der Waals surface area contributed by atoms with E-state index in [-0.39, 0.29) is 13.0 Å². The van der Waals surface area contributed by atoms with Crippen molar-refractivity contribution in [3.63, 3.8) is 0 Å². The van der Waals surface area contributed by atoms with Gasteiger partial charge in [0.15, 0.2) is 0 Å². The van der Waals surface area contributed by atoms with Gasteiger partial charge in [-0.2, -0.15) is 0 Å². The lowest BCUT2D eigenvalue weighted by molar-refractivity contribution is -0.220. The van der Waals surface area contributed by atoms with Crippen LogP contribution >= 0.6 is 7.82 Å². The third kappa shape index (κ3) is 37.9. The summed E-state index contributed by atoms with van der Waals surface area (Å²) in [7, 11) is -5.03. The Morgan fingerprint density at radius 1 is 0.464 bits per heavy atom. The molecule has 13 heteroatoms. The quantitative estimate of drug-likeness (QED) is 0.0146. The fourth-order valence-electron chi connectivity index (χ4n) is 8.78. The first kappa shape index (κ1) is 65.6. The van der Waals surface area contributed by atoms with Crippen LogP contribution in [0.5, 0.6) is 0 Å². The number of ether oxygens (including phenoxy) is 2. The Hall–Kier alpha value is -1.44. The van der Waals surface area contributed by atoms with Gasteiger partial charge in [0.2, 0.25) is 0 Å². The summed E-state index contributed by atoms with van der Waals surface area (Å²) in [6.45, 7) is 4.29. The highest BCUT2D eigenvalue weighted by molar-refractivity contribution is 7.47. The second kappa shape index (κ2) is 46.4. The minimum atomic E-state index is -5.03. The van der Waals surface area contributed by atoms with Crippen molar-refractivity contribution < 1.29 is 58.3 Å². The summed E-state index contributed by atoms with van der Waals surface area (Å²) < 4.78 is 34.4. The standard InChI is InChI=1S/C56H105O12P/c1-3-5-7-9-11-13-15-17-19-21-23-24-25-26-27-29-31-33-35-37-39-41-43-45-50(57)67-49(48-66-69(63,64)68-56-54(61)52(59)51(58)53(60)55(56)62)47-65-46-44-42-40-38-36-34-32-30-28-22-20-18-16-14-12-10-8-6-4-2/h15,17,21,23,25-26,49,51-56,58-62H,3-14,16,18-20,22,24,27-48H2,1-2H3,(H,63,64)/b17-15-,23-21-,26-25-. The van der Waals surface area contributed by atoms with Crippen LogP contribution in [0.1, 0.15) is 251 Å². The zero-order valence-corrected chi connectivity index (χ0v) is 44.8. The minimum Gasteiger partial charge on any atom is -0.457 e. The summed E-state index contributed by atoms with van der Waals surface area (Å²) in [5, 5.41) is 50.4. The van der Waals surface area contributed by atoms with Gasteiger partial charge in [-0.05, 0) is 51.4 Å². The molecule has 0 aliphatic heterocycles. The van der Waals surface area contributed by atoms with E-state index in [1.165, 1.54) is 161 Å². The number of carbonyl (C=O) groups excluding carboxylic acids is 1. The van der Waals surface area contributed by atoms with Crippen molar-refractivity contribution in [2.24, 2.45) is 0 Å². The van der Waals surface area contributed by atoms with Gasteiger partial charge in [-0.25, -0.2) is 4.57 Å². The summed E-state index contributed by atoms with van der Waals surface area (Å²) in [5.41, 5.74) is 0. The number of unbranched alkanes of at least 4 members (excludes halogenated alkanes) is 31. The molecule has 0 spiro atoms. The summed E-state index contributed by atoms with van der Waals surface area (Å²) >= 11 is 0. The van der Waals surface area contributed by atoms with E-state index in [4.69, 9.17) is 18.5 Å². The van der Waals surface area contributed by atoms with Crippen LogP contribution in [0.3, 0.4) is 0 Å². The van der Waals surface area contributed by atoms with Crippen molar-refractivity contribution in [2.45, 2.75) is 294 Å². The molecule has 406 valence electrons. The van der Waals surface area contributed by atoms with Gasteiger partial charge in [0.05, 0.1) is 13.2 Å². The van der Waals surface area contributed by atoms with Gasteiger partial charge in [0, 0.05) is 13.0 Å². The summed E-state index contributed by atoms with van der Waals surface area (Å²) in [6.07, 6.45) is 44.9. The SMILES string of the molecule is CCCCCCC/C=C\C/C=C\C/C=C\CCCCCCCCCCC(=O)OC(COCCCCCCCCCCCCCCCCCCCCC)COP(=O)(O)OC1C(O)C(O)C(O)C(O)C1O. The van der Waals surface area contributed by atoms with E-state index >= 15 is 0 Å². The van der Waals surface area contributed by atoms with Crippen LogP contribution in [0.2, 0.25) is 0 Å². The monoisotopic (exact) mass is 1000 g/mol.